The van der Waals surface area contributed by atoms with Crippen molar-refractivity contribution in [1.29, 1.82) is 0 Å². The molecule has 19 heavy (non-hydrogen) atoms. The van der Waals surface area contributed by atoms with Gasteiger partial charge in [0.1, 0.15) is 5.76 Å². The van der Waals surface area contributed by atoms with Crippen LogP contribution in [-0.2, 0) is 0 Å². The summed E-state index contributed by atoms with van der Waals surface area (Å²) in [6.07, 6.45) is 4.73. The van der Waals surface area contributed by atoms with Gasteiger partial charge < -0.3 is 11.3 Å². The number of aldehydes is 1. The first-order valence-electron chi connectivity index (χ1n) is 6.12. The number of rotatable bonds is 3. The van der Waals surface area contributed by atoms with Crippen LogP contribution < -0.4 is 18.9 Å². The van der Waals surface area contributed by atoms with Crippen LogP contribution in [0.1, 0.15) is 35.9 Å². The summed E-state index contributed by atoms with van der Waals surface area (Å²) in [6, 6.07) is 9.73. The summed E-state index contributed by atoms with van der Waals surface area (Å²) in [5.74, 6) is 0.666. The van der Waals surface area contributed by atoms with Gasteiger partial charge in [-0.3, -0.25) is 4.79 Å². The van der Waals surface area contributed by atoms with E-state index in [1.165, 1.54) is 6.42 Å². The monoisotopic (exact) mass is 250 g/mol. The second-order valence-corrected chi connectivity index (χ2v) is 3.96. The molecular formula is C16H19LiO2. The fourth-order valence-corrected chi connectivity index (χ4v) is 1.45. The molecule has 0 aliphatic carbocycles. The molecule has 0 saturated heterocycles. The number of aryl methyl sites for hydroxylation is 1. The smallest absolute Gasteiger partial charge is 0.468 e. The van der Waals surface area contributed by atoms with Crippen LogP contribution in [0.15, 0.2) is 41.0 Å². The minimum Gasteiger partial charge on any atom is -0.468 e. The maximum Gasteiger partial charge on any atom is 1.00 e. The van der Waals surface area contributed by atoms with Crippen LogP contribution in [-0.4, -0.2) is 6.29 Å². The molecule has 0 bridgehead atoms. The molecular weight excluding hydrogens is 231 g/mol. The van der Waals surface area contributed by atoms with E-state index in [1.807, 2.05) is 30.3 Å². The van der Waals surface area contributed by atoms with Crippen molar-refractivity contribution in [3.63, 3.8) is 0 Å². The Labute approximate surface area is 127 Å². The molecule has 96 valence electrons. The molecule has 1 heterocycles. The van der Waals surface area contributed by atoms with Gasteiger partial charge in [0.05, 0.1) is 11.8 Å². The average molecular weight is 250 g/mol. The molecule has 3 heteroatoms. The molecule has 2 aromatic rings. The third-order valence-corrected chi connectivity index (χ3v) is 2.58. The van der Waals surface area contributed by atoms with Crippen molar-refractivity contribution >= 4 is 6.29 Å². The number of hydrogen-bond donors (Lipinski definition) is 0. The van der Waals surface area contributed by atoms with E-state index in [9.17, 15) is 4.79 Å². The fraction of sp³-hybridized carbons (Fsp3) is 0.250. The molecule has 0 fully saturated rings. The van der Waals surface area contributed by atoms with Crippen molar-refractivity contribution in [3.05, 3.63) is 54.8 Å². The minimum absolute atomic E-state index is 0. The summed E-state index contributed by atoms with van der Waals surface area (Å²) in [6.45, 7) is 7.51. The Balaban J connectivity index is 0.000000576. The summed E-state index contributed by atoms with van der Waals surface area (Å²) < 4.78 is 5.21. The van der Waals surface area contributed by atoms with Gasteiger partial charge in [-0.1, -0.05) is 43.7 Å². The Bertz CT molecular complexity index is 473. The normalized spacial score (nSPS) is 9.00. The van der Waals surface area contributed by atoms with Crippen molar-refractivity contribution in [2.24, 2.45) is 0 Å². The SMILES string of the molecule is Cc1occ(-c2ccccc2)c1C=O.[CH2-]CCC.[Li+]. The van der Waals surface area contributed by atoms with Crippen LogP contribution in [0.25, 0.3) is 11.1 Å². The summed E-state index contributed by atoms with van der Waals surface area (Å²) in [5.41, 5.74) is 2.50. The zero-order valence-corrected chi connectivity index (χ0v) is 12.0. The molecule has 0 unspecified atom stereocenters. The Morgan fingerprint density at radius 3 is 2.32 bits per heavy atom. The zero-order chi connectivity index (χ0) is 13.4. The van der Waals surface area contributed by atoms with E-state index in [-0.39, 0.29) is 18.9 Å². The van der Waals surface area contributed by atoms with Crippen molar-refractivity contribution in [3.8, 4) is 11.1 Å². The molecule has 0 aliphatic rings. The number of carbonyl (C=O) groups is 1. The largest absolute Gasteiger partial charge is 1.00 e. The number of furan rings is 1. The fourth-order valence-electron chi connectivity index (χ4n) is 1.45. The molecule has 0 saturated carbocycles. The maximum atomic E-state index is 10.8. The summed E-state index contributed by atoms with van der Waals surface area (Å²) in [7, 11) is 0. The Morgan fingerprint density at radius 2 is 1.84 bits per heavy atom. The molecule has 2 nitrogen and oxygen atoms in total. The predicted octanol–water partition coefficient (Wildman–Crippen LogP) is 1.69. The van der Waals surface area contributed by atoms with Crippen LogP contribution in [0.5, 0.6) is 0 Å². The van der Waals surface area contributed by atoms with Crippen molar-refractivity contribution in [2.45, 2.75) is 26.7 Å². The van der Waals surface area contributed by atoms with Crippen LogP contribution in [0.4, 0.5) is 0 Å². The molecule has 1 aromatic carbocycles. The minimum atomic E-state index is 0. The summed E-state index contributed by atoms with van der Waals surface area (Å²) >= 11 is 0. The van der Waals surface area contributed by atoms with E-state index >= 15 is 0 Å². The molecule has 0 atom stereocenters. The van der Waals surface area contributed by atoms with E-state index in [2.05, 4.69) is 13.8 Å². The first kappa shape index (κ1) is 17.8. The van der Waals surface area contributed by atoms with Gasteiger partial charge in [-0.25, -0.2) is 0 Å². The van der Waals surface area contributed by atoms with Crippen LogP contribution in [0, 0.1) is 13.8 Å². The third-order valence-electron chi connectivity index (χ3n) is 2.58. The quantitative estimate of drug-likeness (QED) is 0.471. The summed E-state index contributed by atoms with van der Waals surface area (Å²) in [4.78, 5) is 10.8. The molecule has 2 rings (SSSR count). The molecule has 0 spiro atoms. The number of benzene rings is 1. The van der Waals surface area contributed by atoms with E-state index in [0.717, 1.165) is 23.8 Å². The van der Waals surface area contributed by atoms with Crippen LogP contribution in [0.2, 0.25) is 0 Å². The standard InChI is InChI=1S/C12H10O2.C4H9.Li/c1-9-11(7-13)12(8-14-9)10-5-3-2-4-6-10;1-3-4-2;/h2-8H,1H3;1,3-4H2,2H3;/q;-1;+1. The van der Waals surface area contributed by atoms with Gasteiger partial charge in [0.2, 0.25) is 0 Å². The first-order chi connectivity index (χ1) is 8.74. The number of carbonyl (C=O) groups excluding carboxylic acids is 1. The Hall–Kier alpha value is -1.23. The van der Waals surface area contributed by atoms with Gasteiger partial charge in [-0.2, -0.15) is 6.42 Å². The first-order valence-corrected chi connectivity index (χ1v) is 6.12. The maximum absolute atomic E-state index is 10.8. The number of unbranched alkanes of at least 4 members (excludes halogenated alkanes) is 1. The third kappa shape index (κ3) is 5.10. The van der Waals surface area contributed by atoms with Gasteiger partial charge in [0.25, 0.3) is 0 Å². The molecule has 0 aliphatic heterocycles. The van der Waals surface area contributed by atoms with E-state index < -0.39 is 0 Å². The number of hydrogen-bond acceptors (Lipinski definition) is 2. The summed E-state index contributed by atoms with van der Waals surface area (Å²) in [5, 5.41) is 0. The molecule has 1 aromatic heterocycles. The molecule has 0 N–H and O–H groups in total. The van der Waals surface area contributed by atoms with E-state index in [1.54, 1.807) is 13.2 Å². The van der Waals surface area contributed by atoms with Crippen molar-refractivity contribution in [2.75, 3.05) is 0 Å². The van der Waals surface area contributed by atoms with E-state index in [4.69, 9.17) is 4.42 Å². The Kier molecular flexibility index (Phi) is 9.04. The van der Waals surface area contributed by atoms with Crippen LogP contribution in [0.3, 0.4) is 0 Å². The van der Waals surface area contributed by atoms with Gasteiger partial charge in [0, 0.05) is 5.56 Å². The Morgan fingerprint density at radius 1 is 1.26 bits per heavy atom. The van der Waals surface area contributed by atoms with Gasteiger partial charge in [0.15, 0.2) is 6.29 Å². The van der Waals surface area contributed by atoms with E-state index in [0.29, 0.717) is 11.3 Å². The molecule has 0 radical (unpaired) electrons. The van der Waals surface area contributed by atoms with Gasteiger partial charge >= 0.3 is 18.9 Å². The topological polar surface area (TPSA) is 30.2 Å². The van der Waals surface area contributed by atoms with Crippen molar-refractivity contribution in [1.82, 2.24) is 0 Å². The van der Waals surface area contributed by atoms with Gasteiger partial charge in [-0.05, 0) is 12.5 Å². The predicted molar refractivity (Wildman–Crippen MR) is 74.5 cm³/mol. The second-order valence-electron chi connectivity index (χ2n) is 3.96. The van der Waals surface area contributed by atoms with Crippen molar-refractivity contribution < 1.29 is 28.1 Å². The van der Waals surface area contributed by atoms with Gasteiger partial charge in [-0.15, -0.1) is 0 Å². The molecule has 0 amide bonds. The average Bonchev–Trinajstić information content (AvgIpc) is 2.81. The van der Waals surface area contributed by atoms with Crippen LogP contribution >= 0.6 is 0 Å². The second kappa shape index (κ2) is 9.67. The zero-order valence-electron chi connectivity index (χ0n) is 12.0.